The van der Waals surface area contributed by atoms with E-state index in [9.17, 15) is 9.59 Å². The Morgan fingerprint density at radius 3 is 2.53 bits per heavy atom. The highest BCUT2D eigenvalue weighted by Crippen LogP contribution is 2.40. The highest BCUT2D eigenvalue weighted by molar-refractivity contribution is 7.17. The standard InChI is InChI=1S/C22H25Cl2NO4S/c1-3-4-5-6-10-29-19-15(23)11-13(12-16(19)24)20(26)25-21-18(22(27)28-2)14-8-7-9-17(14)30-21/h11-12H,3-10H2,1-2H3,(H,25,26). The minimum atomic E-state index is -0.437. The van der Waals surface area contributed by atoms with Crippen molar-refractivity contribution in [1.29, 1.82) is 0 Å². The lowest BCUT2D eigenvalue weighted by atomic mass is 10.1. The Kier molecular flexibility index (Phi) is 8.03. The number of amides is 1. The van der Waals surface area contributed by atoms with Gasteiger partial charge in [0.05, 0.1) is 29.3 Å². The van der Waals surface area contributed by atoms with Crippen LogP contribution in [0.4, 0.5) is 5.00 Å². The van der Waals surface area contributed by atoms with Crippen LogP contribution in [-0.2, 0) is 17.6 Å². The third-order valence-corrected chi connectivity index (χ3v) is 6.81. The second-order valence-electron chi connectivity index (χ2n) is 7.19. The molecule has 0 unspecified atom stereocenters. The molecule has 0 radical (unpaired) electrons. The van der Waals surface area contributed by atoms with Gasteiger partial charge in [-0.05, 0) is 43.4 Å². The van der Waals surface area contributed by atoms with Crippen LogP contribution in [-0.4, -0.2) is 25.6 Å². The largest absolute Gasteiger partial charge is 0.490 e. The third kappa shape index (κ3) is 5.10. The Balaban J connectivity index is 1.74. The summed E-state index contributed by atoms with van der Waals surface area (Å²) in [4.78, 5) is 26.2. The molecule has 1 amide bonds. The number of nitrogens with one attached hydrogen (secondary N) is 1. The van der Waals surface area contributed by atoms with E-state index in [-0.39, 0.29) is 10.0 Å². The Bertz CT molecular complexity index is 918. The van der Waals surface area contributed by atoms with Gasteiger partial charge >= 0.3 is 5.97 Å². The van der Waals surface area contributed by atoms with Crippen molar-refractivity contribution in [2.24, 2.45) is 0 Å². The van der Waals surface area contributed by atoms with E-state index in [1.807, 2.05) is 0 Å². The number of hydrogen-bond donors (Lipinski definition) is 1. The van der Waals surface area contributed by atoms with Crippen LogP contribution in [0.25, 0.3) is 0 Å². The predicted octanol–water partition coefficient (Wildman–Crippen LogP) is 6.54. The number of ether oxygens (including phenoxy) is 2. The number of rotatable bonds is 9. The van der Waals surface area contributed by atoms with Gasteiger partial charge in [-0.1, -0.05) is 49.4 Å². The summed E-state index contributed by atoms with van der Waals surface area (Å²) >= 11 is 14.1. The third-order valence-electron chi connectivity index (χ3n) is 5.04. The van der Waals surface area contributed by atoms with Crippen LogP contribution in [0.5, 0.6) is 5.75 Å². The van der Waals surface area contributed by atoms with Crippen LogP contribution >= 0.6 is 34.5 Å². The van der Waals surface area contributed by atoms with Crippen LogP contribution in [0, 0.1) is 0 Å². The van der Waals surface area contributed by atoms with Crippen LogP contribution < -0.4 is 10.1 Å². The number of esters is 1. The quantitative estimate of drug-likeness (QED) is 0.334. The molecule has 8 heteroatoms. The molecule has 1 heterocycles. The molecule has 0 bridgehead atoms. The average molecular weight is 470 g/mol. The van der Waals surface area contributed by atoms with Gasteiger partial charge in [0, 0.05) is 10.4 Å². The first-order valence-electron chi connectivity index (χ1n) is 10.1. The molecule has 2 aromatic rings. The van der Waals surface area contributed by atoms with Crippen molar-refractivity contribution < 1.29 is 19.1 Å². The van der Waals surface area contributed by atoms with Crippen LogP contribution in [0.3, 0.4) is 0 Å². The number of fused-ring (bicyclic) bond motifs is 1. The summed E-state index contributed by atoms with van der Waals surface area (Å²) in [6.45, 7) is 2.67. The lowest BCUT2D eigenvalue weighted by Gasteiger charge is -2.12. The van der Waals surface area contributed by atoms with E-state index in [2.05, 4.69) is 12.2 Å². The van der Waals surface area contributed by atoms with Crippen molar-refractivity contribution in [3.8, 4) is 5.75 Å². The van der Waals surface area contributed by atoms with Gasteiger partial charge in [0.1, 0.15) is 5.00 Å². The van der Waals surface area contributed by atoms with E-state index in [0.717, 1.165) is 55.4 Å². The molecule has 0 aliphatic heterocycles. The van der Waals surface area contributed by atoms with Gasteiger partial charge in [0.15, 0.2) is 5.75 Å². The Labute approximate surface area is 190 Å². The van der Waals surface area contributed by atoms with Gasteiger partial charge in [-0.15, -0.1) is 11.3 Å². The fourth-order valence-electron chi connectivity index (χ4n) is 3.52. The smallest absolute Gasteiger partial charge is 0.341 e. The Morgan fingerprint density at radius 1 is 1.13 bits per heavy atom. The van der Waals surface area contributed by atoms with E-state index >= 15 is 0 Å². The maximum atomic E-state index is 12.8. The summed E-state index contributed by atoms with van der Waals surface area (Å²) in [6.07, 6.45) is 7.03. The zero-order valence-corrected chi connectivity index (χ0v) is 19.4. The molecule has 0 fully saturated rings. The Morgan fingerprint density at radius 2 is 1.87 bits per heavy atom. The summed E-state index contributed by atoms with van der Waals surface area (Å²) in [5.74, 6) is -0.442. The van der Waals surface area contributed by atoms with Gasteiger partial charge in [-0.3, -0.25) is 4.79 Å². The monoisotopic (exact) mass is 469 g/mol. The Hall–Kier alpha value is -1.76. The summed E-state index contributed by atoms with van der Waals surface area (Å²) in [6, 6.07) is 3.06. The number of aryl methyl sites for hydroxylation is 1. The minimum Gasteiger partial charge on any atom is -0.490 e. The number of anilines is 1. The molecular formula is C22H25Cl2NO4S. The molecule has 1 aromatic heterocycles. The topological polar surface area (TPSA) is 64.6 Å². The molecule has 1 aromatic carbocycles. The van der Waals surface area contributed by atoms with E-state index in [1.54, 1.807) is 0 Å². The number of benzene rings is 1. The second kappa shape index (κ2) is 10.5. The number of carbonyl (C=O) groups excluding carboxylic acids is 2. The maximum absolute atomic E-state index is 12.8. The van der Waals surface area contributed by atoms with Crippen LogP contribution in [0.2, 0.25) is 10.0 Å². The molecule has 3 rings (SSSR count). The lowest BCUT2D eigenvalue weighted by Crippen LogP contribution is -2.15. The first-order chi connectivity index (χ1) is 14.5. The van der Waals surface area contributed by atoms with Gasteiger partial charge in [0.25, 0.3) is 5.91 Å². The zero-order chi connectivity index (χ0) is 21.7. The van der Waals surface area contributed by atoms with Crippen LogP contribution in [0.1, 0.15) is 70.2 Å². The maximum Gasteiger partial charge on any atom is 0.341 e. The fraction of sp³-hybridized carbons (Fsp3) is 0.455. The lowest BCUT2D eigenvalue weighted by molar-refractivity contribution is 0.0601. The van der Waals surface area contributed by atoms with E-state index in [1.165, 1.54) is 30.6 Å². The molecule has 5 nitrogen and oxygen atoms in total. The van der Waals surface area contributed by atoms with Crippen molar-refractivity contribution in [2.45, 2.75) is 51.9 Å². The number of thiophene rings is 1. The zero-order valence-electron chi connectivity index (χ0n) is 17.1. The molecule has 30 heavy (non-hydrogen) atoms. The summed E-state index contributed by atoms with van der Waals surface area (Å²) in [5.41, 5.74) is 1.73. The SMILES string of the molecule is CCCCCCOc1c(Cl)cc(C(=O)Nc2sc3c(c2C(=O)OC)CCC3)cc1Cl. The molecular weight excluding hydrogens is 445 g/mol. The van der Waals surface area contributed by atoms with Gasteiger partial charge in [0.2, 0.25) is 0 Å². The molecule has 1 N–H and O–H groups in total. The normalized spacial score (nSPS) is 12.5. The molecule has 0 spiro atoms. The highest BCUT2D eigenvalue weighted by atomic mass is 35.5. The number of methoxy groups -OCH3 is 1. The average Bonchev–Trinajstić information content (AvgIpc) is 3.29. The molecule has 0 saturated heterocycles. The molecule has 0 saturated carbocycles. The van der Waals surface area contributed by atoms with Crippen molar-refractivity contribution in [3.63, 3.8) is 0 Å². The number of hydrogen-bond acceptors (Lipinski definition) is 5. The van der Waals surface area contributed by atoms with Crippen molar-refractivity contribution in [1.82, 2.24) is 0 Å². The minimum absolute atomic E-state index is 0.282. The number of halogens is 2. The highest BCUT2D eigenvalue weighted by Gasteiger charge is 2.28. The van der Waals surface area contributed by atoms with E-state index in [4.69, 9.17) is 32.7 Å². The molecule has 1 aliphatic rings. The molecule has 1 aliphatic carbocycles. The first-order valence-corrected chi connectivity index (χ1v) is 11.7. The van der Waals surface area contributed by atoms with E-state index < -0.39 is 11.9 Å². The fourth-order valence-corrected chi connectivity index (χ4v) is 5.39. The van der Waals surface area contributed by atoms with Gasteiger partial charge in [-0.2, -0.15) is 0 Å². The number of carbonyl (C=O) groups is 2. The van der Waals surface area contributed by atoms with Gasteiger partial charge in [-0.25, -0.2) is 4.79 Å². The van der Waals surface area contributed by atoms with Crippen molar-refractivity contribution in [3.05, 3.63) is 43.7 Å². The van der Waals surface area contributed by atoms with Gasteiger partial charge < -0.3 is 14.8 Å². The second-order valence-corrected chi connectivity index (χ2v) is 9.10. The molecule has 162 valence electrons. The van der Waals surface area contributed by atoms with E-state index in [0.29, 0.717) is 28.5 Å². The number of unbranched alkanes of at least 4 members (excludes halogenated alkanes) is 3. The first kappa shape index (κ1) is 22.9. The van der Waals surface area contributed by atoms with Crippen molar-refractivity contribution >= 4 is 51.4 Å². The summed E-state index contributed by atoms with van der Waals surface area (Å²) in [5, 5.41) is 3.90. The molecule has 0 atom stereocenters. The summed E-state index contributed by atoms with van der Waals surface area (Å²) in [7, 11) is 1.34. The van der Waals surface area contributed by atoms with Crippen molar-refractivity contribution in [2.75, 3.05) is 19.0 Å². The predicted molar refractivity (Wildman–Crippen MR) is 122 cm³/mol. The van der Waals surface area contributed by atoms with Crippen LogP contribution in [0.15, 0.2) is 12.1 Å². The summed E-state index contributed by atoms with van der Waals surface area (Å²) < 4.78 is 10.6.